The summed E-state index contributed by atoms with van der Waals surface area (Å²) in [4.78, 5) is 13.0. The van der Waals surface area contributed by atoms with Gasteiger partial charge in [0, 0.05) is 17.2 Å². The van der Waals surface area contributed by atoms with Crippen molar-refractivity contribution in [1.82, 2.24) is 20.1 Å². The molecule has 1 atom stereocenters. The fraction of sp³-hybridized carbons (Fsp3) is 0.300. The summed E-state index contributed by atoms with van der Waals surface area (Å²) in [6.07, 6.45) is 4.10. The zero-order valence-electron chi connectivity index (χ0n) is 21.4. The molecule has 192 valence electrons. The number of benzene rings is 3. The maximum Gasteiger partial charge on any atom is 0.220 e. The van der Waals surface area contributed by atoms with E-state index in [9.17, 15) is 4.79 Å². The van der Waals surface area contributed by atoms with Crippen LogP contribution in [0.5, 0.6) is 0 Å². The third-order valence-corrected chi connectivity index (χ3v) is 7.45. The first kappa shape index (κ1) is 27.0. The Morgan fingerprint density at radius 1 is 0.973 bits per heavy atom. The number of rotatable bonds is 12. The van der Waals surface area contributed by atoms with Crippen LogP contribution >= 0.6 is 23.4 Å². The van der Waals surface area contributed by atoms with E-state index in [-0.39, 0.29) is 11.9 Å². The molecule has 5 nitrogen and oxygen atoms in total. The van der Waals surface area contributed by atoms with Gasteiger partial charge < -0.3 is 5.32 Å². The monoisotopic (exact) mass is 532 g/mol. The highest BCUT2D eigenvalue weighted by Crippen LogP contribution is 2.31. The Morgan fingerprint density at radius 3 is 2.38 bits per heavy atom. The summed E-state index contributed by atoms with van der Waals surface area (Å²) >= 11 is 8.07. The van der Waals surface area contributed by atoms with Gasteiger partial charge >= 0.3 is 0 Å². The lowest BCUT2D eigenvalue weighted by atomic mass is 10.0. The highest BCUT2D eigenvalue weighted by molar-refractivity contribution is 7.98. The zero-order chi connectivity index (χ0) is 26.0. The lowest BCUT2D eigenvalue weighted by molar-refractivity contribution is -0.122. The Morgan fingerprint density at radius 2 is 1.68 bits per heavy atom. The molecule has 0 radical (unpaired) electrons. The minimum absolute atomic E-state index is 0.0326. The summed E-state index contributed by atoms with van der Waals surface area (Å²) in [7, 11) is 0. The van der Waals surface area contributed by atoms with Gasteiger partial charge in [-0.3, -0.25) is 9.36 Å². The van der Waals surface area contributed by atoms with Crippen LogP contribution in [0.2, 0.25) is 5.02 Å². The number of halogens is 1. The minimum atomic E-state index is -0.339. The van der Waals surface area contributed by atoms with Gasteiger partial charge in [0.2, 0.25) is 5.91 Å². The van der Waals surface area contributed by atoms with Crippen LogP contribution in [0.3, 0.4) is 0 Å². The van der Waals surface area contributed by atoms with Crippen LogP contribution in [0.4, 0.5) is 0 Å². The lowest BCUT2D eigenvalue weighted by Crippen LogP contribution is -2.32. The number of nitrogens with zero attached hydrogens (tertiary/aromatic N) is 3. The number of amides is 1. The standard InChI is InChI=1S/C30H33ClN4OS/c1-3-4-7-16-28(36)32-26(19-23-12-8-5-9-13-23)29-33-34-30(37-21-24-14-10-6-11-15-24)35(29)27-20-25(31)18-17-22(27)2/h5-6,8-15,17-18,20,26H,3-4,7,16,19,21H2,1-2H3,(H,32,36). The first-order chi connectivity index (χ1) is 18.0. The molecule has 0 bridgehead atoms. The minimum Gasteiger partial charge on any atom is -0.346 e. The van der Waals surface area contributed by atoms with Gasteiger partial charge in [-0.25, -0.2) is 0 Å². The van der Waals surface area contributed by atoms with Crippen molar-refractivity contribution in [3.8, 4) is 5.69 Å². The maximum atomic E-state index is 13.0. The number of hydrogen-bond acceptors (Lipinski definition) is 4. The molecule has 0 aliphatic rings. The summed E-state index contributed by atoms with van der Waals surface area (Å²) < 4.78 is 2.06. The van der Waals surface area contributed by atoms with Crippen LogP contribution in [0.25, 0.3) is 5.69 Å². The van der Waals surface area contributed by atoms with Gasteiger partial charge in [-0.1, -0.05) is 110 Å². The molecule has 1 aromatic heterocycles. The smallest absolute Gasteiger partial charge is 0.220 e. The van der Waals surface area contributed by atoms with E-state index in [0.717, 1.165) is 47.0 Å². The largest absolute Gasteiger partial charge is 0.346 e. The Bertz CT molecular complexity index is 1290. The first-order valence-electron chi connectivity index (χ1n) is 12.8. The molecule has 1 amide bonds. The molecule has 37 heavy (non-hydrogen) atoms. The quantitative estimate of drug-likeness (QED) is 0.151. The highest BCUT2D eigenvalue weighted by Gasteiger charge is 2.25. The Hall–Kier alpha value is -3.09. The van der Waals surface area contributed by atoms with Gasteiger partial charge in [-0.05, 0) is 48.6 Å². The van der Waals surface area contributed by atoms with E-state index >= 15 is 0 Å². The molecule has 1 unspecified atom stereocenters. The lowest BCUT2D eigenvalue weighted by Gasteiger charge is -2.21. The van der Waals surface area contributed by atoms with Crippen LogP contribution in [0.1, 0.15) is 61.2 Å². The average Bonchev–Trinajstić information content (AvgIpc) is 3.33. The van der Waals surface area contributed by atoms with E-state index in [4.69, 9.17) is 11.6 Å². The molecule has 1 N–H and O–H groups in total. The number of aromatic nitrogens is 3. The van der Waals surface area contributed by atoms with E-state index in [1.54, 1.807) is 11.8 Å². The van der Waals surface area contributed by atoms with Crippen molar-refractivity contribution in [3.05, 3.63) is 106 Å². The summed E-state index contributed by atoms with van der Waals surface area (Å²) in [6, 6.07) is 26.0. The van der Waals surface area contributed by atoms with Crippen molar-refractivity contribution >= 4 is 29.3 Å². The molecule has 7 heteroatoms. The second-order valence-electron chi connectivity index (χ2n) is 9.15. The summed E-state index contributed by atoms with van der Waals surface area (Å²) in [5.41, 5.74) is 4.30. The molecule has 3 aromatic carbocycles. The Labute approximate surface area is 228 Å². The number of aryl methyl sites for hydroxylation is 1. The molecular weight excluding hydrogens is 500 g/mol. The van der Waals surface area contributed by atoms with E-state index in [0.29, 0.717) is 23.7 Å². The normalized spacial score (nSPS) is 11.9. The van der Waals surface area contributed by atoms with Crippen molar-refractivity contribution in [1.29, 1.82) is 0 Å². The van der Waals surface area contributed by atoms with Crippen molar-refractivity contribution in [2.24, 2.45) is 0 Å². The van der Waals surface area contributed by atoms with Crippen LogP contribution in [-0.4, -0.2) is 20.7 Å². The summed E-state index contributed by atoms with van der Waals surface area (Å²) in [5.74, 6) is 1.49. The molecule has 4 aromatic rings. The van der Waals surface area contributed by atoms with Crippen LogP contribution < -0.4 is 5.32 Å². The van der Waals surface area contributed by atoms with Gasteiger partial charge in [0.1, 0.15) is 0 Å². The molecule has 0 aliphatic carbocycles. The Balaban J connectivity index is 1.73. The number of thioether (sulfide) groups is 1. The second kappa shape index (κ2) is 13.5. The molecule has 0 spiro atoms. The fourth-order valence-electron chi connectivity index (χ4n) is 4.23. The Kier molecular flexibility index (Phi) is 9.80. The number of unbranched alkanes of at least 4 members (excludes halogenated alkanes) is 2. The van der Waals surface area contributed by atoms with Crippen molar-refractivity contribution in [2.45, 2.75) is 62.9 Å². The van der Waals surface area contributed by atoms with Gasteiger partial charge in [0.05, 0.1) is 11.7 Å². The zero-order valence-corrected chi connectivity index (χ0v) is 22.9. The van der Waals surface area contributed by atoms with Crippen molar-refractivity contribution in [2.75, 3.05) is 0 Å². The van der Waals surface area contributed by atoms with Crippen LogP contribution in [0, 0.1) is 6.92 Å². The fourth-order valence-corrected chi connectivity index (χ4v) is 5.31. The number of carbonyl (C=O) groups is 1. The predicted octanol–water partition coefficient (Wildman–Crippen LogP) is 7.50. The van der Waals surface area contributed by atoms with Crippen molar-refractivity contribution < 1.29 is 4.79 Å². The number of nitrogens with one attached hydrogen (secondary N) is 1. The van der Waals surface area contributed by atoms with Gasteiger partial charge in [0.15, 0.2) is 11.0 Å². The molecule has 4 rings (SSSR count). The molecule has 0 saturated carbocycles. The molecule has 0 fully saturated rings. The van der Waals surface area contributed by atoms with E-state index in [2.05, 4.69) is 58.2 Å². The topological polar surface area (TPSA) is 59.8 Å². The highest BCUT2D eigenvalue weighted by atomic mass is 35.5. The summed E-state index contributed by atoms with van der Waals surface area (Å²) in [5, 5.41) is 13.9. The SMILES string of the molecule is CCCCCC(=O)NC(Cc1ccccc1)c1nnc(SCc2ccccc2)n1-c1cc(Cl)ccc1C. The first-order valence-corrected chi connectivity index (χ1v) is 14.1. The van der Waals surface area contributed by atoms with E-state index in [1.807, 2.05) is 54.6 Å². The molecule has 0 saturated heterocycles. The van der Waals surface area contributed by atoms with Gasteiger partial charge in [-0.15, -0.1) is 10.2 Å². The third kappa shape index (κ3) is 7.46. The average molecular weight is 533 g/mol. The van der Waals surface area contributed by atoms with Crippen LogP contribution in [-0.2, 0) is 17.0 Å². The molecule has 0 aliphatic heterocycles. The van der Waals surface area contributed by atoms with E-state index < -0.39 is 0 Å². The van der Waals surface area contributed by atoms with Crippen molar-refractivity contribution in [3.63, 3.8) is 0 Å². The maximum absolute atomic E-state index is 13.0. The molecule has 1 heterocycles. The van der Waals surface area contributed by atoms with Crippen LogP contribution in [0.15, 0.2) is 84.0 Å². The molecular formula is C30H33ClN4OS. The van der Waals surface area contributed by atoms with Gasteiger partial charge in [0.25, 0.3) is 0 Å². The van der Waals surface area contributed by atoms with E-state index in [1.165, 1.54) is 5.56 Å². The third-order valence-electron chi connectivity index (χ3n) is 6.22. The van der Waals surface area contributed by atoms with Gasteiger partial charge in [-0.2, -0.15) is 0 Å². The number of carbonyl (C=O) groups excluding carboxylic acids is 1. The number of hydrogen-bond donors (Lipinski definition) is 1. The summed E-state index contributed by atoms with van der Waals surface area (Å²) in [6.45, 7) is 4.19. The second-order valence-corrected chi connectivity index (χ2v) is 10.5. The predicted molar refractivity (Wildman–Crippen MR) is 152 cm³/mol.